The first-order chi connectivity index (χ1) is 16.0. The molecule has 2 atom stereocenters. The summed E-state index contributed by atoms with van der Waals surface area (Å²) in [6, 6.07) is 12.3. The Bertz CT molecular complexity index is 1000. The van der Waals surface area contributed by atoms with Gasteiger partial charge in [0.15, 0.2) is 0 Å². The zero-order valence-electron chi connectivity index (χ0n) is 19.8. The van der Waals surface area contributed by atoms with E-state index in [1.54, 1.807) is 12.4 Å². The lowest BCUT2D eigenvalue weighted by molar-refractivity contribution is -0.136. The number of benzene rings is 1. The minimum Gasteiger partial charge on any atom is -0.355 e. The number of nitrogens with one attached hydrogen (secondary N) is 1. The Labute approximate surface area is 197 Å². The fraction of sp³-hybridized carbons (Fsp3) is 0.464. The maximum atomic E-state index is 13.6. The van der Waals surface area contributed by atoms with Crippen molar-refractivity contribution >= 4 is 11.8 Å². The standard InChI is InChI=1S/C28H35N3O2/c1-21(2)19-30-27(33)28(14-17-31(20-28)26(32)23-8-4-3-5-9-23)18-24-10-6-7-11-25(24)22-12-15-29-16-13-22/h3-4,6-7,10-13,15-16,21,23H,5,8-9,14,17-20H2,1-2H3,(H,30,33). The Hall–Kier alpha value is -2.95. The lowest BCUT2D eigenvalue weighted by atomic mass is 9.78. The highest BCUT2D eigenvalue weighted by molar-refractivity contribution is 5.87. The van der Waals surface area contributed by atoms with Crippen LogP contribution in [0.4, 0.5) is 0 Å². The topological polar surface area (TPSA) is 62.3 Å². The fourth-order valence-electron chi connectivity index (χ4n) is 5.08. The quantitative estimate of drug-likeness (QED) is 0.632. The molecule has 2 amide bonds. The van der Waals surface area contributed by atoms with Crippen LogP contribution in [0, 0.1) is 17.3 Å². The summed E-state index contributed by atoms with van der Waals surface area (Å²) in [6.07, 6.45) is 11.9. The Balaban J connectivity index is 1.61. The molecular weight excluding hydrogens is 410 g/mol. The lowest BCUT2D eigenvalue weighted by Crippen LogP contribution is -2.46. The van der Waals surface area contributed by atoms with Crippen molar-refractivity contribution in [1.82, 2.24) is 15.2 Å². The van der Waals surface area contributed by atoms with Crippen molar-refractivity contribution in [3.05, 3.63) is 66.5 Å². The van der Waals surface area contributed by atoms with E-state index in [9.17, 15) is 9.59 Å². The minimum atomic E-state index is -0.613. The van der Waals surface area contributed by atoms with Crippen LogP contribution in [0.1, 0.15) is 45.1 Å². The first-order valence-corrected chi connectivity index (χ1v) is 12.2. The Morgan fingerprint density at radius 2 is 1.94 bits per heavy atom. The molecule has 1 fully saturated rings. The molecule has 0 spiro atoms. The predicted octanol–water partition coefficient (Wildman–Crippen LogP) is 4.64. The number of carbonyl (C=O) groups is 2. The minimum absolute atomic E-state index is 0.0497. The molecule has 174 valence electrons. The molecule has 1 N–H and O–H groups in total. The van der Waals surface area contributed by atoms with Gasteiger partial charge in [-0.05, 0) is 66.8 Å². The molecule has 0 saturated carbocycles. The van der Waals surface area contributed by atoms with E-state index in [4.69, 9.17) is 0 Å². The molecule has 33 heavy (non-hydrogen) atoms. The maximum absolute atomic E-state index is 13.6. The van der Waals surface area contributed by atoms with Crippen molar-refractivity contribution in [2.75, 3.05) is 19.6 Å². The van der Waals surface area contributed by atoms with Crippen molar-refractivity contribution in [2.24, 2.45) is 17.3 Å². The van der Waals surface area contributed by atoms with Gasteiger partial charge in [0, 0.05) is 37.9 Å². The predicted molar refractivity (Wildman–Crippen MR) is 131 cm³/mol. The van der Waals surface area contributed by atoms with Gasteiger partial charge in [-0.3, -0.25) is 14.6 Å². The normalized spacial score (nSPS) is 22.5. The second-order valence-electron chi connectivity index (χ2n) is 9.95. The number of amides is 2. The molecular formula is C28H35N3O2. The summed E-state index contributed by atoms with van der Waals surface area (Å²) in [5.41, 5.74) is 2.74. The van der Waals surface area contributed by atoms with E-state index < -0.39 is 5.41 Å². The molecule has 1 aromatic heterocycles. The van der Waals surface area contributed by atoms with Gasteiger partial charge >= 0.3 is 0 Å². The smallest absolute Gasteiger partial charge is 0.228 e. The van der Waals surface area contributed by atoms with Gasteiger partial charge in [0.25, 0.3) is 0 Å². The first-order valence-electron chi connectivity index (χ1n) is 12.2. The number of hydrogen-bond acceptors (Lipinski definition) is 3. The Morgan fingerprint density at radius 3 is 2.67 bits per heavy atom. The average Bonchev–Trinajstić information content (AvgIpc) is 3.28. The summed E-state index contributed by atoms with van der Waals surface area (Å²) in [5, 5.41) is 3.19. The van der Waals surface area contributed by atoms with Gasteiger partial charge in [0.2, 0.25) is 11.8 Å². The molecule has 2 unspecified atom stereocenters. The van der Waals surface area contributed by atoms with E-state index in [1.807, 2.05) is 29.2 Å². The van der Waals surface area contributed by atoms with Gasteiger partial charge in [-0.25, -0.2) is 0 Å². The summed E-state index contributed by atoms with van der Waals surface area (Å²) in [5.74, 6) is 0.705. The van der Waals surface area contributed by atoms with Crippen LogP contribution < -0.4 is 5.32 Å². The summed E-state index contributed by atoms with van der Waals surface area (Å²) >= 11 is 0. The second-order valence-corrected chi connectivity index (χ2v) is 9.95. The van der Waals surface area contributed by atoms with Gasteiger partial charge in [0.1, 0.15) is 0 Å². The summed E-state index contributed by atoms with van der Waals surface area (Å²) in [7, 11) is 0. The van der Waals surface area contributed by atoms with Gasteiger partial charge in [-0.15, -0.1) is 0 Å². The van der Waals surface area contributed by atoms with E-state index >= 15 is 0 Å². The van der Waals surface area contributed by atoms with Gasteiger partial charge in [-0.1, -0.05) is 50.3 Å². The zero-order valence-corrected chi connectivity index (χ0v) is 19.8. The van der Waals surface area contributed by atoms with E-state index in [2.05, 4.69) is 48.4 Å². The number of likely N-dealkylation sites (tertiary alicyclic amines) is 1. The molecule has 5 nitrogen and oxygen atoms in total. The SMILES string of the molecule is CC(C)CNC(=O)C1(Cc2ccccc2-c2ccncc2)CCN(C(=O)C2CC=CCC2)C1. The van der Waals surface area contributed by atoms with Crippen molar-refractivity contribution < 1.29 is 9.59 Å². The number of hydrogen-bond donors (Lipinski definition) is 1. The van der Waals surface area contributed by atoms with Crippen molar-refractivity contribution in [2.45, 2.75) is 46.0 Å². The molecule has 0 radical (unpaired) electrons. The third-order valence-corrected chi connectivity index (χ3v) is 6.97. The highest BCUT2D eigenvalue weighted by Crippen LogP contribution is 2.38. The highest BCUT2D eigenvalue weighted by atomic mass is 16.2. The molecule has 1 aliphatic heterocycles. The Kier molecular flexibility index (Phi) is 7.26. The number of aromatic nitrogens is 1. The van der Waals surface area contributed by atoms with Crippen LogP contribution >= 0.6 is 0 Å². The number of carbonyl (C=O) groups excluding carboxylic acids is 2. The van der Waals surface area contributed by atoms with Crippen molar-refractivity contribution in [3.63, 3.8) is 0 Å². The Morgan fingerprint density at radius 1 is 1.15 bits per heavy atom. The third-order valence-electron chi connectivity index (χ3n) is 6.97. The van der Waals surface area contributed by atoms with Crippen LogP contribution in [0.3, 0.4) is 0 Å². The summed E-state index contributed by atoms with van der Waals surface area (Å²) in [4.78, 5) is 33.0. The van der Waals surface area contributed by atoms with E-state index in [1.165, 1.54) is 0 Å². The largest absolute Gasteiger partial charge is 0.355 e. The van der Waals surface area contributed by atoms with Crippen molar-refractivity contribution in [1.29, 1.82) is 0 Å². The first kappa shape index (κ1) is 23.2. The van der Waals surface area contributed by atoms with Crippen LogP contribution in [0.25, 0.3) is 11.1 Å². The molecule has 1 aromatic carbocycles. The van der Waals surface area contributed by atoms with Crippen LogP contribution in [0.15, 0.2) is 60.9 Å². The molecule has 1 aliphatic carbocycles. The average molecular weight is 446 g/mol. The molecule has 5 heteroatoms. The monoisotopic (exact) mass is 445 g/mol. The fourth-order valence-corrected chi connectivity index (χ4v) is 5.08. The summed E-state index contributed by atoms with van der Waals surface area (Å²) in [6.45, 7) is 5.99. The van der Waals surface area contributed by atoms with Gasteiger partial charge < -0.3 is 10.2 Å². The molecule has 4 rings (SSSR count). The van der Waals surface area contributed by atoms with E-state index in [0.717, 1.165) is 36.0 Å². The van der Waals surface area contributed by atoms with Crippen molar-refractivity contribution in [3.8, 4) is 11.1 Å². The van der Waals surface area contributed by atoms with E-state index in [0.29, 0.717) is 38.4 Å². The molecule has 0 bridgehead atoms. The van der Waals surface area contributed by atoms with Crippen LogP contribution in [-0.2, 0) is 16.0 Å². The maximum Gasteiger partial charge on any atom is 0.228 e. The lowest BCUT2D eigenvalue weighted by Gasteiger charge is -2.31. The van der Waals surface area contributed by atoms with Crippen LogP contribution in [-0.4, -0.2) is 41.3 Å². The second kappa shape index (κ2) is 10.3. The number of pyridine rings is 1. The van der Waals surface area contributed by atoms with Gasteiger partial charge in [-0.2, -0.15) is 0 Å². The van der Waals surface area contributed by atoms with Crippen LogP contribution in [0.5, 0.6) is 0 Å². The van der Waals surface area contributed by atoms with E-state index in [-0.39, 0.29) is 17.7 Å². The summed E-state index contributed by atoms with van der Waals surface area (Å²) < 4.78 is 0. The number of allylic oxidation sites excluding steroid dienone is 2. The van der Waals surface area contributed by atoms with Crippen LogP contribution in [0.2, 0.25) is 0 Å². The highest BCUT2D eigenvalue weighted by Gasteiger charge is 2.47. The molecule has 2 aromatic rings. The van der Waals surface area contributed by atoms with Gasteiger partial charge in [0.05, 0.1) is 5.41 Å². The number of rotatable bonds is 7. The molecule has 2 heterocycles. The molecule has 1 saturated heterocycles. The zero-order chi connectivity index (χ0) is 23.3. The molecule has 2 aliphatic rings. The third kappa shape index (κ3) is 5.35. The number of nitrogens with zero attached hydrogens (tertiary/aromatic N) is 2.